The van der Waals surface area contributed by atoms with Gasteiger partial charge in [-0.1, -0.05) is 22.9 Å². The Bertz CT molecular complexity index is 410. The molecule has 1 N–H and O–H groups in total. The highest BCUT2D eigenvalue weighted by Crippen LogP contribution is 2.27. The van der Waals surface area contributed by atoms with Gasteiger partial charge in [-0.05, 0) is 18.2 Å². The second-order valence-electron chi connectivity index (χ2n) is 2.38. The predicted octanol–water partition coefficient (Wildman–Crippen LogP) is 2.99. The van der Waals surface area contributed by atoms with Gasteiger partial charge in [0, 0.05) is 12.1 Å². The first-order valence-corrected chi connectivity index (χ1v) is 4.73. The van der Waals surface area contributed by atoms with Crippen LogP contribution in [0.1, 0.15) is 0 Å². The second kappa shape index (κ2) is 2.92. The zero-order chi connectivity index (χ0) is 8.55. The SMILES string of the molecule is CNc1nc2cc(Cl)ccc2s1. The van der Waals surface area contributed by atoms with Gasteiger partial charge in [0.25, 0.3) is 0 Å². The summed E-state index contributed by atoms with van der Waals surface area (Å²) in [7, 11) is 1.86. The third kappa shape index (κ3) is 1.26. The molecule has 1 aromatic carbocycles. The average molecular weight is 199 g/mol. The van der Waals surface area contributed by atoms with Crippen molar-refractivity contribution in [2.75, 3.05) is 12.4 Å². The van der Waals surface area contributed by atoms with Crippen molar-refractivity contribution in [1.82, 2.24) is 4.98 Å². The Labute approximate surface area is 79.2 Å². The molecule has 0 spiro atoms. The fourth-order valence-corrected chi connectivity index (χ4v) is 1.97. The van der Waals surface area contributed by atoms with E-state index in [4.69, 9.17) is 11.6 Å². The summed E-state index contributed by atoms with van der Waals surface area (Å²) < 4.78 is 1.16. The van der Waals surface area contributed by atoms with Gasteiger partial charge in [0.15, 0.2) is 5.13 Å². The zero-order valence-electron chi connectivity index (χ0n) is 6.47. The van der Waals surface area contributed by atoms with Crippen LogP contribution in [0.5, 0.6) is 0 Å². The van der Waals surface area contributed by atoms with Crippen LogP contribution in [-0.4, -0.2) is 12.0 Å². The highest BCUT2D eigenvalue weighted by Gasteiger charge is 2.01. The molecule has 2 nitrogen and oxygen atoms in total. The minimum atomic E-state index is 0.732. The lowest BCUT2D eigenvalue weighted by Crippen LogP contribution is -1.83. The summed E-state index contributed by atoms with van der Waals surface area (Å²) in [5.74, 6) is 0. The highest BCUT2D eigenvalue weighted by molar-refractivity contribution is 7.22. The van der Waals surface area contributed by atoms with Crippen molar-refractivity contribution in [2.45, 2.75) is 0 Å². The summed E-state index contributed by atoms with van der Waals surface area (Å²) in [5.41, 5.74) is 0.955. The monoisotopic (exact) mass is 198 g/mol. The van der Waals surface area contributed by atoms with Crippen molar-refractivity contribution in [1.29, 1.82) is 0 Å². The summed E-state index contributed by atoms with van der Waals surface area (Å²) in [6.45, 7) is 0. The summed E-state index contributed by atoms with van der Waals surface area (Å²) in [6.07, 6.45) is 0. The molecule has 1 heterocycles. The highest BCUT2D eigenvalue weighted by atomic mass is 35.5. The van der Waals surface area contributed by atoms with Gasteiger partial charge in [-0.2, -0.15) is 0 Å². The fourth-order valence-electron chi connectivity index (χ4n) is 1.01. The van der Waals surface area contributed by atoms with E-state index in [1.807, 2.05) is 25.2 Å². The third-order valence-electron chi connectivity index (χ3n) is 1.56. The molecule has 0 bridgehead atoms. The number of rotatable bonds is 1. The van der Waals surface area contributed by atoms with Crippen LogP contribution in [0.2, 0.25) is 5.02 Å². The minimum Gasteiger partial charge on any atom is -0.365 e. The van der Waals surface area contributed by atoms with E-state index in [1.54, 1.807) is 11.3 Å². The standard InChI is InChI=1S/C8H7ClN2S/c1-10-8-11-6-4-5(9)2-3-7(6)12-8/h2-4H,1H3,(H,10,11). The number of hydrogen-bond acceptors (Lipinski definition) is 3. The summed E-state index contributed by atoms with van der Waals surface area (Å²) in [6, 6.07) is 5.73. The molecule has 0 aliphatic carbocycles. The van der Waals surface area contributed by atoms with Gasteiger partial charge >= 0.3 is 0 Å². The Morgan fingerprint density at radius 1 is 1.50 bits per heavy atom. The van der Waals surface area contributed by atoms with E-state index in [2.05, 4.69) is 10.3 Å². The lowest BCUT2D eigenvalue weighted by Gasteiger charge is -1.86. The molecule has 0 radical (unpaired) electrons. The van der Waals surface area contributed by atoms with Crippen molar-refractivity contribution < 1.29 is 0 Å². The number of anilines is 1. The van der Waals surface area contributed by atoms with E-state index in [0.717, 1.165) is 20.4 Å². The Morgan fingerprint density at radius 3 is 3.08 bits per heavy atom. The van der Waals surface area contributed by atoms with Crippen molar-refractivity contribution in [3.63, 3.8) is 0 Å². The van der Waals surface area contributed by atoms with Crippen LogP contribution in [0, 0.1) is 0 Å². The fraction of sp³-hybridized carbons (Fsp3) is 0.125. The maximum absolute atomic E-state index is 5.82. The van der Waals surface area contributed by atoms with Crippen molar-refractivity contribution in [3.8, 4) is 0 Å². The molecule has 0 fully saturated rings. The Morgan fingerprint density at radius 2 is 2.33 bits per heavy atom. The van der Waals surface area contributed by atoms with Crippen LogP contribution >= 0.6 is 22.9 Å². The Hall–Kier alpha value is -0.800. The van der Waals surface area contributed by atoms with E-state index in [9.17, 15) is 0 Å². The van der Waals surface area contributed by atoms with Gasteiger partial charge in [-0.15, -0.1) is 0 Å². The van der Waals surface area contributed by atoms with Crippen molar-refractivity contribution in [2.24, 2.45) is 0 Å². The molecule has 0 aliphatic rings. The maximum Gasteiger partial charge on any atom is 0.183 e. The first-order valence-electron chi connectivity index (χ1n) is 3.53. The van der Waals surface area contributed by atoms with Crippen molar-refractivity contribution >= 4 is 38.3 Å². The van der Waals surface area contributed by atoms with E-state index < -0.39 is 0 Å². The first-order chi connectivity index (χ1) is 5.79. The van der Waals surface area contributed by atoms with Crippen LogP contribution < -0.4 is 5.32 Å². The number of hydrogen-bond donors (Lipinski definition) is 1. The van der Waals surface area contributed by atoms with Gasteiger partial charge in [0.2, 0.25) is 0 Å². The number of nitrogens with one attached hydrogen (secondary N) is 1. The van der Waals surface area contributed by atoms with Crippen LogP contribution in [0.25, 0.3) is 10.2 Å². The minimum absolute atomic E-state index is 0.732. The summed E-state index contributed by atoms with van der Waals surface area (Å²) >= 11 is 7.44. The molecule has 0 unspecified atom stereocenters. The molecular formula is C8H7ClN2S. The van der Waals surface area contributed by atoms with E-state index in [0.29, 0.717) is 0 Å². The molecular weight excluding hydrogens is 192 g/mol. The first kappa shape index (κ1) is 7.83. The molecule has 0 saturated carbocycles. The molecule has 1 aromatic heterocycles. The zero-order valence-corrected chi connectivity index (χ0v) is 8.04. The molecule has 12 heavy (non-hydrogen) atoms. The number of aromatic nitrogens is 1. The average Bonchev–Trinajstić information content (AvgIpc) is 2.46. The largest absolute Gasteiger partial charge is 0.365 e. The summed E-state index contributed by atoms with van der Waals surface area (Å²) in [5, 5.41) is 4.66. The molecule has 0 saturated heterocycles. The quantitative estimate of drug-likeness (QED) is 0.762. The number of thiazole rings is 1. The maximum atomic E-state index is 5.82. The van der Waals surface area contributed by atoms with Crippen LogP contribution in [-0.2, 0) is 0 Å². The number of halogens is 1. The topological polar surface area (TPSA) is 24.9 Å². The third-order valence-corrected chi connectivity index (χ3v) is 2.85. The normalized spacial score (nSPS) is 10.5. The molecule has 4 heteroatoms. The van der Waals surface area contributed by atoms with Gasteiger partial charge in [-0.3, -0.25) is 0 Å². The van der Waals surface area contributed by atoms with Crippen LogP contribution in [0.15, 0.2) is 18.2 Å². The van der Waals surface area contributed by atoms with Crippen molar-refractivity contribution in [3.05, 3.63) is 23.2 Å². The molecule has 62 valence electrons. The lowest BCUT2D eigenvalue weighted by molar-refractivity contribution is 1.41. The van der Waals surface area contributed by atoms with Gasteiger partial charge in [0.1, 0.15) is 0 Å². The second-order valence-corrected chi connectivity index (χ2v) is 3.85. The molecule has 2 rings (SSSR count). The Kier molecular flexibility index (Phi) is 1.90. The lowest BCUT2D eigenvalue weighted by atomic mass is 10.3. The van der Waals surface area contributed by atoms with Gasteiger partial charge in [-0.25, -0.2) is 4.98 Å². The molecule has 2 aromatic rings. The number of fused-ring (bicyclic) bond motifs is 1. The van der Waals surface area contributed by atoms with E-state index in [1.165, 1.54) is 0 Å². The molecule has 0 atom stereocenters. The number of benzene rings is 1. The van der Waals surface area contributed by atoms with E-state index >= 15 is 0 Å². The van der Waals surface area contributed by atoms with Gasteiger partial charge in [0.05, 0.1) is 10.2 Å². The van der Waals surface area contributed by atoms with Crippen LogP contribution in [0.3, 0.4) is 0 Å². The smallest absolute Gasteiger partial charge is 0.183 e. The predicted molar refractivity (Wildman–Crippen MR) is 54.2 cm³/mol. The Balaban J connectivity index is 2.67. The number of nitrogens with zero attached hydrogens (tertiary/aromatic N) is 1. The summed E-state index contributed by atoms with van der Waals surface area (Å²) in [4.78, 5) is 4.31. The van der Waals surface area contributed by atoms with E-state index in [-0.39, 0.29) is 0 Å². The van der Waals surface area contributed by atoms with Crippen LogP contribution in [0.4, 0.5) is 5.13 Å². The molecule has 0 aliphatic heterocycles. The van der Waals surface area contributed by atoms with Gasteiger partial charge < -0.3 is 5.32 Å². The molecule has 0 amide bonds.